The van der Waals surface area contributed by atoms with Crippen molar-refractivity contribution in [1.29, 1.82) is 0 Å². The van der Waals surface area contributed by atoms with E-state index in [2.05, 4.69) is 15.9 Å². The third kappa shape index (κ3) is 2.84. The molecule has 1 rings (SSSR count). The fraction of sp³-hybridized carbons (Fsp3) is 0.375. The van der Waals surface area contributed by atoms with Gasteiger partial charge in [-0.2, -0.15) is 0 Å². The summed E-state index contributed by atoms with van der Waals surface area (Å²) in [6.45, 7) is 1.99. The molecule has 1 aromatic rings. The molecule has 0 saturated heterocycles. The monoisotopic (exact) mass is 265 g/mol. The van der Waals surface area contributed by atoms with E-state index < -0.39 is 11.4 Å². The van der Waals surface area contributed by atoms with Crippen LogP contribution in [-0.2, 0) is 5.88 Å². The number of pyridine rings is 1. The topological polar surface area (TPSA) is 22.0 Å². The van der Waals surface area contributed by atoms with Crippen molar-refractivity contribution in [2.45, 2.75) is 12.8 Å². The number of thioether (sulfide) groups is 1. The van der Waals surface area contributed by atoms with Gasteiger partial charge in [0, 0.05) is 10.7 Å². The highest BCUT2D eigenvalue weighted by atomic mass is 79.9. The summed E-state index contributed by atoms with van der Waals surface area (Å²) in [5.74, 6) is 0.679. The molecule has 0 bridgehead atoms. The van der Waals surface area contributed by atoms with E-state index in [1.54, 1.807) is 18.0 Å². The molecule has 13 heavy (non-hydrogen) atoms. The molecule has 2 nitrogen and oxygen atoms in total. The number of aromatic nitrogens is 1. The molecule has 0 amide bonds. The average molecular weight is 266 g/mol. The van der Waals surface area contributed by atoms with Gasteiger partial charge < -0.3 is 4.57 Å². The van der Waals surface area contributed by atoms with E-state index in [1.165, 1.54) is 10.6 Å². The maximum Gasteiger partial charge on any atom is 0.287 e. The molecule has 5 heteroatoms. The minimum Gasteiger partial charge on any atom is -0.302 e. The van der Waals surface area contributed by atoms with E-state index in [0.29, 0.717) is 10.3 Å². The first-order valence-corrected chi connectivity index (χ1v) is 5.73. The third-order valence-electron chi connectivity index (χ3n) is 1.44. The Bertz CT molecular complexity index is 352. The third-order valence-corrected chi connectivity index (χ3v) is 2.75. The molecule has 1 heterocycles. The lowest BCUT2D eigenvalue weighted by molar-refractivity contribution is 0.587. The van der Waals surface area contributed by atoms with E-state index in [0.717, 1.165) is 5.75 Å². The maximum absolute atomic E-state index is 12.9. The quantitative estimate of drug-likeness (QED) is 0.838. The average Bonchev–Trinajstić information content (AvgIpc) is 2.09. The van der Waals surface area contributed by atoms with Gasteiger partial charge in [-0.25, -0.2) is 4.39 Å². The summed E-state index contributed by atoms with van der Waals surface area (Å²) >= 11 is 4.70. The number of rotatable bonds is 3. The molecule has 0 aliphatic heterocycles. The highest BCUT2D eigenvalue weighted by Crippen LogP contribution is 2.10. The van der Waals surface area contributed by atoms with Crippen molar-refractivity contribution in [3.05, 3.63) is 32.9 Å². The minimum atomic E-state index is -0.717. The Morgan fingerprint density at radius 1 is 1.69 bits per heavy atom. The second kappa shape index (κ2) is 4.81. The Balaban J connectivity index is 2.99. The molecule has 0 saturated carbocycles. The second-order valence-corrected chi connectivity index (χ2v) is 4.56. The van der Waals surface area contributed by atoms with Gasteiger partial charge in [0.1, 0.15) is 0 Å². The van der Waals surface area contributed by atoms with Crippen LogP contribution in [0, 0.1) is 5.82 Å². The first-order chi connectivity index (χ1) is 6.15. The van der Waals surface area contributed by atoms with Gasteiger partial charge in [0.15, 0.2) is 5.82 Å². The largest absolute Gasteiger partial charge is 0.302 e. The number of halogens is 2. The predicted molar refractivity (Wildman–Crippen MR) is 56.5 cm³/mol. The molecular weight excluding hydrogens is 257 g/mol. The first kappa shape index (κ1) is 10.8. The number of hydrogen-bond acceptors (Lipinski definition) is 2. The van der Waals surface area contributed by atoms with Crippen LogP contribution in [0.3, 0.4) is 0 Å². The summed E-state index contributed by atoms with van der Waals surface area (Å²) in [5.41, 5.74) is -0.566. The van der Waals surface area contributed by atoms with Gasteiger partial charge in [-0.3, -0.25) is 4.79 Å². The van der Waals surface area contributed by atoms with Crippen LogP contribution in [0.2, 0.25) is 0 Å². The summed E-state index contributed by atoms with van der Waals surface area (Å²) in [5, 5.41) is 0. The summed E-state index contributed by atoms with van der Waals surface area (Å²) in [4.78, 5) is 11.2. The van der Waals surface area contributed by atoms with Crippen LogP contribution in [0.1, 0.15) is 6.92 Å². The molecule has 1 aromatic heterocycles. The van der Waals surface area contributed by atoms with Crippen LogP contribution in [0.4, 0.5) is 4.39 Å². The summed E-state index contributed by atoms with van der Waals surface area (Å²) < 4.78 is 14.8. The molecule has 0 unspecified atom stereocenters. The van der Waals surface area contributed by atoms with E-state index in [1.807, 2.05) is 6.92 Å². The smallest absolute Gasteiger partial charge is 0.287 e. The van der Waals surface area contributed by atoms with Gasteiger partial charge in [-0.15, -0.1) is 11.8 Å². The highest BCUT2D eigenvalue weighted by Gasteiger charge is 2.03. The zero-order valence-corrected chi connectivity index (χ0v) is 9.49. The van der Waals surface area contributed by atoms with E-state index in [-0.39, 0.29) is 0 Å². The van der Waals surface area contributed by atoms with Gasteiger partial charge in [0.25, 0.3) is 5.56 Å². The molecule has 0 atom stereocenters. The van der Waals surface area contributed by atoms with Gasteiger partial charge in [-0.1, -0.05) is 6.92 Å². The van der Waals surface area contributed by atoms with Gasteiger partial charge >= 0.3 is 0 Å². The maximum atomic E-state index is 12.9. The Labute approximate surface area is 88.3 Å². The van der Waals surface area contributed by atoms with Crippen molar-refractivity contribution < 1.29 is 4.39 Å². The molecule has 0 fully saturated rings. The molecule has 0 aliphatic rings. The molecule has 0 aliphatic carbocycles. The SMILES string of the molecule is CCSCn1cc(Br)cc(F)c1=O. The van der Waals surface area contributed by atoms with Crippen molar-refractivity contribution in [3.8, 4) is 0 Å². The van der Waals surface area contributed by atoms with Crippen molar-refractivity contribution in [2.24, 2.45) is 0 Å². The van der Waals surface area contributed by atoms with Crippen molar-refractivity contribution in [1.82, 2.24) is 4.57 Å². The fourth-order valence-corrected chi connectivity index (χ4v) is 1.87. The van der Waals surface area contributed by atoms with Crippen LogP contribution in [0.25, 0.3) is 0 Å². The molecule has 0 N–H and O–H groups in total. The summed E-state index contributed by atoms with van der Waals surface area (Å²) in [7, 11) is 0. The standard InChI is InChI=1S/C8H9BrFNOS/c1-2-13-5-11-4-6(9)3-7(10)8(11)12/h3-4H,2,5H2,1H3. The van der Waals surface area contributed by atoms with Crippen LogP contribution < -0.4 is 5.56 Å². The fourth-order valence-electron chi connectivity index (χ4n) is 0.850. The molecular formula is C8H9BrFNOS. The Morgan fingerprint density at radius 3 is 3.00 bits per heavy atom. The van der Waals surface area contributed by atoms with Gasteiger partial charge in [0.05, 0.1) is 5.88 Å². The minimum absolute atomic E-state index is 0.492. The lowest BCUT2D eigenvalue weighted by atomic mass is 10.5. The van der Waals surface area contributed by atoms with E-state index in [4.69, 9.17) is 0 Å². The van der Waals surface area contributed by atoms with Gasteiger partial charge in [0.2, 0.25) is 0 Å². The number of hydrogen-bond donors (Lipinski definition) is 0. The van der Waals surface area contributed by atoms with Crippen molar-refractivity contribution >= 4 is 27.7 Å². The Kier molecular flexibility index (Phi) is 3.99. The van der Waals surface area contributed by atoms with Crippen molar-refractivity contribution in [2.75, 3.05) is 5.75 Å². The highest BCUT2D eigenvalue weighted by molar-refractivity contribution is 9.10. The van der Waals surface area contributed by atoms with Crippen LogP contribution in [0.15, 0.2) is 21.5 Å². The van der Waals surface area contributed by atoms with E-state index >= 15 is 0 Å². The van der Waals surface area contributed by atoms with Crippen LogP contribution >= 0.6 is 27.7 Å². The normalized spacial score (nSPS) is 10.4. The number of nitrogens with zero attached hydrogens (tertiary/aromatic N) is 1. The molecule has 0 radical (unpaired) electrons. The zero-order chi connectivity index (χ0) is 9.84. The molecule has 0 aromatic carbocycles. The lowest BCUT2D eigenvalue weighted by Crippen LogP contribution is -2.21. The zero-order valence-electron chi connectivity index (χ0n) is 7.09. The van der Waals surface area contributed by atoms with Crippen molar-refractivity contribution in [3.63, 3.8) is 0 Å². The van der Waals surface area contributed by atoms with Crippen LogP contribution in [0.5, 0.6) is 0 Å². The summed E-state index contributed by atoms with van der Waals surface area (Å²) in [6, 6.07) is 1.18. The second-order valence-electron chi connectivity index (χ2n) is 2.40. The lowest BCUT2D eigenvalue weighted by Gasteiger charge is -2.04. The van der Waals surface area contributed by atoms with Gasteiger partial charge in [-0.05, 0) is 27.7 Å². The Hall–Kier alpha value is -0.290. The first-order valence-electron chi connectivity index (χ1n) is 3.78. The molecule has 72 valence electrons. The van der Waals surface area contributed by atoms with E-state index in [9.17, 15) is 9.18 Å². The summed E-state index contributed by atoms with van der Waals surface area (Å²) in [6.07, 6.45) is 1.59. The van der Waals surface area contributed by atoms with Crippen LogP contribution in [-0.4, -0.2) is 10.3 Å². The predicted octanol–water partition coefficient (Wildman–Crippen LogP) is 2.46. The molecule has 0 spiro atoms. The Morgan fingerprint density at radius 2 is 2.38 bits per heavy atom.